The van der Waals surface area contributed by atoms with Crippen LogP contribution in [0.5, 0.6) is 0 Å². The molecule has 1 aromatic rings. The summed E-state index contributed by atoms with van der Waals surface area (Å²) in [5.74, 6) is -0.131. The minimum atomic E-state index is -0.610. The Labute approximate surface area is 110 Å². The Morgan fingerprint density at radius 3 is 2.67 bits per heavy atom. The first-order valence-electron chi connectivity index (χ1n) is 5.56. The standard InChI is InChI=1S/C11H17N3O3S/c1-7(13-10(16)17-11(2,3)4)9(15)5-8-6-12-18-14-8/h6-7H,5H2,1-4H3,(H,13,16)/t7-/m1/s1. The Bertz CT molecular complexity index is 412. The molecule has 0 radical (unpaired) electrons. The summed E-state index contributed by atoms with van der Waals surface area (Å²) in [6.45, 7) is 6.91. The van der Waals surface area contributed by atoms with Crippen LogP contribution in [0.1, 0.15) is 33.4 Å². The second-order valence-corrected chi connectivity index (χ2v) is 5.47. The fourth-order valence-electron chi connectivity index (χ4n) is 1.16. The summed E-state index contributed by atoms with van der Waals surface area (Å²) >= 11 is 1.05. The number of hydrogen-bond donors (Lipinski definition) is 1. The van der Waals surface area contributed by atoms with Crippen LogP contribution in [0.4, 0.5) is 4.79 Å². The van der Waals surface area contributed by atoms with Crippen LogP contribution in [0.25, 0.3) is 0 Å². The van der Waals surface area contributed by atoms with E-state index in [0.29, 0.717) is 5.69 Å². The van der Waals surface area contributed by atoms with Crippen molar-refractivity contribution in [3.8, 4) is 0 Å². The van der Waals surface area contributed by atoms with Crippen LogP contribution in [-0.4, -0.2) is 32.3 Å². The molecule has 1 aromatic heterocycles. The molecule has 0 aromatic carbocycles. The average Bonchev–Trinajstić information content (AvgIpc) is 2.66. The van der Waals surface area contributed by atoms with E-state index in [2.05, 4.69) is 14.1 Å². The summed E-state index contributed by atoms with van der Waals surface area (Å²) in [5, 5.41) is 2.49. The third-order valence-corrected chi connectivity index (χ3v) is 2.49. The lowest BCUT2D eigenvalue weighted by Gasteiger charge is -2.21. The van der Waals surface area contributed by atoms with Crippen molar-refractivity contribution in [2.75, 3.05) is 0 Å². The average molecular weight is 271 g/mol. The van der Waals surface area contributed by atoms with Gasteiger partial charge in [0.15, 0.2) is 5.78 Å². The Hall–Kier alpha value is -1.50. The number of alkyl carbamates (subject to hydrolysis) is 1. The molecule has 0 bridgehead atoms. The van der Waals surface area contributed by atoms with Crippen molar-refractivity contribution in [3.05, 3.63) is 11.9 Å². The maximum atomic E-state index is 11.8. The highest BCUT2D eigenvalue weighted by Gasteiger charge is 2.21. The van der Waals surface area contributed by atoms with Gasteiger partial charge in [-0.3, -0.25) is 4.79 Å². The zero-order valence-corrected chi connectivity index (χ0v) is 11.7. The van der Waals surface area contributed by atoms with Crippen molar-refractivity contribution in [1.29, 1.82) is 0 Å². The van der Waals surface area contributed by atoms with E-state index in [9.17, 15) is 9.59 Å². The van der Waals surface area contributed by atoms with Crippen molar-refractivity contribution in [2.45, 2.75) is 45.8 Å². The minimum absolute atomic E-state index is 0.131. The predicted octanol–water partition coefficient (Wildman–Crippen LogP) is 1.56. The summed E-state index contributed by atoms with van der Waals surface area (Å²) in [7, 11) is 0. The quantitative estimate of drug-likeness (QED) is 0.898. The second-order valence-electron chi connectivity index (χ2n) is 4.91. The van der Waals surface area contributed by atoms with E-state index in [-0.39, 0.29) is 12.2 Å². The molecule has 0 unspecified atom stereocenters. The topological polar surface area (TPSA) is 81.2 Å². The predicted molar refractivity (Wildman–Crippen MR) is 67.5 cm³/mol. The summed E-state index contributed by atoms with van der Waals surface area (Å²) in [6.07, 6.45) is 1.11. The number of nitrogens with one attached hydrogen (secondary N) is 1. The molecule has 0 saturated carbocycles. The molecular formula is C11H17N3O3S. The number of rotatable bonds is 4. The third kappa shape index (κ3) is 5.22. The van der Waals surface area contributed by atoms with Gasteiger partial charge in [0.25, 0.3) is 0 Å². The number of carbonyl (C=O) groups excluding carboxylic acids is 2. The molecule has 1 amide bonds. The Kier molecular flexibility index (Phi) is 4.77. The number of ketones is 1. The monoisotopic (exact) mass is 271 g/mol. The number of ether oxygens (including phenoxy) is 1. The van der Waals surface area contributed by atoms with E-state index in [4.69, 9.17) is 4.74 Å². The van der Waals surface area contributed by atoms with Crippen LogP contribution in [0.2, 0.25) is 0 Å². The summed E-state index contributed by atoms with van der Waals surface area (Å²) in [4.78, 5) is 23.2. The molecule has 0 saturated heterocycles. The lowest BCUT2D eigenvalue weighted by atomic mass is 10.1. The molecule has 1 rings (SSSR count). The van der Waals surface area contributed by atoms with Gasteiger partial charge >= 0.3 is 6.09 Å². The van der Waals surface area contributed by atoms with E-state index in [0.717, 1.165) is 11.7 Å². The Balaban J connectivity index is 2.42. The van der Waals surface area contributed by atoms with E-state index >= 15 is 0 Å². The van der Waals surface area contributed by atoms with Gasteiger partial charge in [0.05, 0.1) is 36.1 Å². The maximum absolute atomic E-state index is 11.8. The molecular weight excluding hydrogens is 254 g/mol. The molecule has 1 heterocycles. The van der Waals surface area contributed by atoms with E-state index in [1.165, 1.54) is 0 Å². The third-order valence-electron chi connectivity index (χ3n) is 1.98. The highest BCUT2D eigenvalue weighted by atomic mass is 32.1. The van der Waals surface area contributed by atoms with Crippen molar-refractivity contribution >= 4 is 23.6 Å². The molecule has 6 nitrogen and oxygen atoms in total. The van der Waals surface area contributed by atoms with Crippen molar-refractivity contribution < 1.29 is 14.3 Å². The fourth-order valence-corrected chi connectivity index (χ4v) is 1.59. The van der Waals surface area contributed by atoms with Crippen molar-refractivity contribution in [3.63, 3.8) is 0 Å². The normalized spacial score (nSPS) is 12.9. The number of hydrogen-bond acceptors (Lipinski definition) is 6. The van der Waals surface area contributed by atoms with Gasteiger partial charge in [0.1, 0.15) is 5.60 Å². The Morgan fingerprint density at radius 1 is 1.50 bits per heavy atom. The van der Waals surface area contributed by atoms with E-state index < -0.39 is 17.7 Å². The first-order chi connectivity index (χ1) is 8.28. The second kappa shape index (κ2) is 5.90. The lowest BCUT2D eigenvalue weighted by molar-refractivity contribution is -0.120. The van der Waals surface area contributed by atoms with Gasteiger partial charge in [0.2, 0.25) is 0 Å². The van der Waals surface area contributed by atoms with Gasteiger partial charge < -0.3 is 10.1 Å². The van der Waals surface area contributed by atoms with Crippen LogP contribution in [0.15, 0.2) is 6.20 Å². The van der Waals surface area contributed by atoms with Gasteiger partial charge in [-0.05, 0) is 27.7 Å². The molecule has 1 atom stereocenters. The maximum Gasteiger partial charge on any atom is 0.408 e. The smallest absolute Gasteiger partial charge is 0.408 e. The zero-order chi connectivity index (χ0) is 13.8. The van der Waals surface area contributed by atoms with Crippen molar-refractivity contribution in [2.24, 2.45) is 0 Å². The van der Waals surface area contributed by atoms with Gasteiger partial charge in [-0.25, -0.2) is 4.79 Å². The number of amides is 1. The lowest BCUT2D eigenvalue weighted by Crippen LogP contribution is -2.42. The summed E-state index contributed by atoms with van der Waals surface area (Å²) in [5.41, 5.74) is 0.0360. The van der Waals surface area contributed by atoms with Crippen LogP contribution in [0.3, 0.4) is 0 Å². The molecule has 0 fully saturated rings. The van der Waals surface area contributed by atoms with E-state index in [1.807, 2.05) is 0 Å². The number of Topliss-reactive ketones (excluding diaryl/α,β-unsaturated/α-hetero) is 1. The van der Waals surface area contributed by atoms with Crippen LogP contribution in [-0.2, 0) is 16.0 Å². The molecule has 0 aliphatic carbocycles. The molecule has 1 N–H and O–H groups in total. The fraction of sp³-hybridized carbons (Fsp3) is 0.636. The molecule has 18 heavy (non-hydrogen) atoms. The van der Waals surface area contributed by atoms with Crippen LogP contribution >= 0.6 is 11.7 Å². The van der Waals surface area contributed by atoms with Crippen LogP contribution < -0.4 is 5.32 Å². The first kappa shape index (κ1) is 14.6. The zero-order valence-electron chi connectivity index (χ0n) is 10.9. The first-order valence-corrected chi connectivity index (χ1v) is 6.29. The highest BCUT2D eigenvalue weighted by Crippen LogP contribution is 2.07. The van der Waals surface area contributed by atoms with E-state index in [1.54, 1.807) is 33.9 Å². The molecule has 100 valence electrons. The summed E-state index contributed by atoms with van der Waals surface area (Å²) < 4.78 is 12.8. The number of aromatic nitrogens is 2. The molecule has 0 spiro atoms. The van der Waals surface area contributed by atoms with Gasteiger partial charge in [0, 0.05) is 0 Å². The minimum Gasteiger partial charge on any atom is -0.444 e. The molecule has 7 heteroatoms. The van der Waals surface area contributed by atoms with Gasteiger partial charge in [-0.1, -0.05) is 0 Å². The SMILES string of the molecule is C[C@@H](NC(=O)OC(C)(C)C)C(=O)Cc1cnsn1. The number of carbonyl (C=O) groups is 2. The number of nitrogens with zero attached hydrogens (tertiary/aromatic N) is 2. The van der Waals surface area contributed by atoms with Crippen LogP contribution in [0, 0.1) is 0 Å². The van der Waals surface area contributed by atoms with Gasteiger partial charge in [-0.2, -0.15) is 8.75 Å². The van der Waals surface area contributed by atoms with Gasteiger partial charge in [-0.15, -0.1) is 0 Å². The summed E-state index contributed by atoms with van der Waals surface area (Å²) in [6, 6.07) is -0.610. The molecule has 0 aliphatic rings. The van der Waals surface area contributed by atoms with Crippen molar-refractivity contribution in [1.82, 2.24) is 14.1 Å². The molecule has 0 aliphatic heterocycles. The Morgan fingerprint density at radius 2 is 2.17 bits per heavy atom. The highest BCUT2D eigenvalue weighted by molar-refractivity contribution is 6.99. The largest absolute Gasteiger partial charge is 0.444 e.